The second-order valence-electron chi connectivity index (χ2n) is 6.62. The smallest absolute Gasteiger partial charge is 0.416 e. The van der Waals surface area contributed by atoms with Crippen LogP contribution in [-0.4, -0.2) is 27.3 Å². The number of carbonyl (C=O) groups excluding carboxylic acids is 1. The number of anilines is 1. The molecule has 0 fully saturated rings. The van der Waals surface area contributed by atoms with Crippen molar-refractivity contribution in [3.8, 4) is 22.4 Å². The maximum Gasteiger partial charge on any atom is 0.416 e. The van der Waals surface area contributed by atoms with Crippen LogP contribution in [0.1, 0.15) is 22.8 Å². The molecule has 0 spiro atoms. The molecule has 0 radical (unpaired) electrons. The molecule has 1 amide bonds. The van der Waals surface area contributed by atoms with Gasteiger partial charge in [-0.25, -0.2) is 4.68 Å². The number of nitrogens with one attached hydrogen (secondary N) is 1. The molecule has 0 bridgehead atoms. The van der Waals surface area contributed by atoms with Crippen LogP contribution in [0.15, 0.2) is 66.0 Å². The van der Waals surface area contributed by atoms with Crippen molar-refractivity contribution in [2.45, 2.75) is 13.1 Å². The number of halogens is 3. The second kappa shape index (κ2) is 8.83. The minimum atomic E-state index is -4.46. The predicted molar refractivity (Wildman–Crippen MR) is 115 cm³/mol. The summed E-state index contributed by atoms with van der Waals surface area (Å²) in [6.45, 7) is 2.25. The van der Waals surface area contributed by atoms with E-state index in [0.29, 0.717) is 23.8 Å². The first-order valence-electron chi connectivity index (χ1n) is 9.58. The van der Waals surface area contributed by atoms with Gasteiger partial charge in [0, 0.05) is 11.3 Å². The van der Waals surface area contributed by atoms with E-state index in [0.717, 1.165) is 29.1 Å². The maximum atomic E-state index is 12.7. The van der Waals surface area contributed by atoms with Crippen LogP contribution in [0.4, 0.5) is 18.9 Å². The average Bonchev–Trinajstić information content (AvgIpc) is 3.43. The molecule has 32 heavy (non-hydrogen) atoms. The van der Waals surface area contributed by atoms with Gasteiger partial charge in [-0.1, -0.05) is 12.1 Å². The van der Waals surface area contributed by atoms with Crippen LogP contribution in [-0.2, 0) is 6.18 Å². The summed E-state index contributed by atoms with van der Waals surface area (Å²) < 4.78 is 45.3. The highest BCUT2D eigenvalue weighted by molar-refractivity contribution is 7.13. The van der Waals surface area contributed by atoms with Crippen LogP contribution in [0.3, 0.4) is 0 Å². The highest BCUT2D eigenvalue weighted by Crippen LogP contribution is 2.30. The molecule has 0 aliphatic rings. The summed E-state index contributed by atoms with van der Waals surface area (Å²) in [5.74, 6) is 0.0672. The van der Waals surface area contributed by atoms with Gasteiger partial charge in [-0.05, 0) is 60.8 Å². The number of carbonyl (C=O) groups is 1. The first kappa shape index (κ1) is 21.6. The molecule has 1 N–H and O–H groups in total. The Kier molecular flexibility index (Phi) is 5.95. The molecule has 0 unspecified atom stereocenters. The maximum absolute atomic E-state index is 12.7. The summed E-state index contributed by atoms with van der Waals surface area (Å²) in [6, 6.07) is 15.0. The van der Waals surface area contributed by atoms with E-state index in [2.05, 4.69) is 15.4 Å². The van der Waals surface area contributed by atoms with E-state index < -0.39 is 17.6 Å². The topological polar surface area (TPSA) is 69.0 Å². The normalized spacial score (nSPS) is 11.4. The number of amides is 1. The summed E-state index contributed by atoms with van der Waals surface area (Å²) in [7, 11) is 0. The molecule has 0 saturated carbocycles. The summed E-state index contributed by atoms with van der Waals surface area (Å²) in [4.78, 5) is 17.9. The number of aromatic nitrogens is 3. The van der Waals surface area contributed by atoms with E-state index in [-0.39, 0.29) is 11.6 Å². The Labute approximate surface area is 185 Å². The van der Waals surface area contributed by atoms with Crippen molar-refractivity contribution in [2.24, 2.45) is 0 Å². The molecule has 2 aromatic carbocycles. The van der Waals surface area contributed by atoms with E-state index in [1.165, 1.54) is 11.3 Å². The lowest BCUT2D eigenvalue weighted by atomic mass is 10.1. The number of benzene rings is 2. The molecular formula is C22H17F3N4O2S. The Morgan fingerprint density at radius 3 is 2.56 bits per heavy atom. The van der Waals surface area contributed by atoms with Gasteiger partial charge in [0.25, 0.3) is 5.91 Å². The summed E-state index contributed by atoms with van der Waals surface area (Å²) in [5, 5.41) is 9.04. The van der Waals surface area contributed by atoms with Crippen LogP contribution >= 0.6 is 11.3 Å². The van der Waals surface area contributed by atoms with Gasteiger partial charge in [0.2, 0.25) is 0 Å². The first-order chi connectivity index (χ1) is 15.3. The molecule has 164 valence electrons. The highest BCUT2D eigenvalue weighted by Gasteiger charge is 2.30. The number of thiophene rings is 1. The lowest BCUT2D eigenvalue weighted by molar-refractivity contribution is -0.137. The number of ether oxygens (including phenoxy) is 1. The fourth-order valence-electron chi connectivity index (χ4n) is 2.96. The van der Waals surface area contributed by atoms with Crippen molar-refractivity contribution < 1.29 is 22.7 Å². The fourth-order valence-corrected chi connectivity index (χ4v) is 3.66. The van der Waals surface area contributed by atoms with Gasteiger partial charge in [-0.3, -0.25) is 4.79 Å². The third kappa shape index (κ3) is 4.65. The third-order valence-corrected chi connectivity index (χ3v) is 5.29. The van der Waals surface area contributed by atoms with Crippen molar-refractivity contribution in [3.05, 3.63) is 77.2 Å². The Bertz CT molecular complexity index is 1220. The molecule has 0 saturated heterocycles. The molecule has 0 atom stereocenters. The van der Waals surface area contributed by atoms with Crippen molar-refractivity contribution in [1.82, 2.24) is 14.8 Å². The number of rotatable bonds is 6. The van der Waals surface area contributed by atoms with Crippen LogP contribution < -0.4 is 10.1 Å². The molecule has 2 heterocycles. The Balaban J connectivity index is 1.60. The van der Waals surface area contributed by atoms with Gasteiger partial charge in [0.15, 0.2) is 5.82 Å². The molecule has 4 rings (SSSR count). The van der Waals surface area contributed by atoms with Gasteiger partial charge >= 0.3 is 12.2 Å². The van der Waals surface area contributed by atoms with Gasteiger partial charge in [-0.2, -0.15) is 18.2 Å². The molecule has 0 aliphatic carbocycles. The summed E-state index contributed by atoms with van der Waals surface area (Å²) >= 11 is 1.50. The van der Waals surface area contributed by atoms with E-state index >= 15 is 0 Å². The standard InChI is InChI=1S/C22H17F3N4O2S/c1-2-31-21-27-19(18-7-4-12-32-18)29(28-21)17-6-3-5-16(13-17)26-20(30)14-8-10-15(11-9-14)22(23,24)25/h3-13H,2H2,1H3,(H,26,30). The third-order valence-electron chi connectivity index (χ3n) is 4.43. The average molecular weight is 458 g/mol. The van der Waals surface area contributed by atoms with E-state index in [1.807, 2.05) is 24.4 Å². The molecule has 2 aromatic heterocycles. The number of hydrogen-bond donors (Lipinski definition) is 1. The zero-order valence-corrected chi connectivity index (χ0v) is 17.6. The van der Waals surface area contributed by atoms with E-state index in [1.54, 1.807) is 28.9 Å². The molecule has 0 aliphatic heterocycles. The summed E-state index contributed by atoms with van der Waals surface area (Å²) in [5.41, 5.74) is 0.394. The van der Waals surface area contributed by atoms with Crippen molar-refractivity contribution in [1.29, 1.82) is 0 Å². The Morgan fingerprint density at radius 1 is 1.12 bits per heavy atom. The van der Waals surface area contributed by atoms with Gasteiger partial charge in [0.05, 0.1) is 22.7 Å². The quantitative estimate of drug-likeness (QED) is 0.405. The Hall–Kier alpha value is -3.66. The Morgan fingerprint density at radius 2 is 1.91 bits per heavy atom. The number of nitrogens with zero attached hydrogens (tertiary/aromatic N) is 3. The number of alkyl halides is 3. The highest BCUT2D eigenvalue weighted by atomic mass is 32.1. The van der Waals surface area contributed by atoms with Gasteiger partial charge in [0.1, 0.15) is 0 Å². The van der Waals surface area contributed by atoms with Crippen LogP contribution in [0.5, 0.6) is 6.01 Å². The first-order valence-corrected chi connectivity index (χ1v) is 10.5. The predicted octanol–water partition coefficient (Wildman–Crippen LogP) is 5.67. The summed E-state index contributed by atoms with van der Waals surface area (Å²) in [6.07, 6.45) is -4.46. The molecule has 10 heteroatoms. The molecular weight excluding hydrogens is 441 g/mol. The fraction of sp³-hybridized carbons (Fsp3) is 0.136. The van der Waals surface area contributed by atoms with Crippen LogP contribution in [0, 0.1) is 0 Å². The van der Waals surface area contributed by atoms with E-state index in [4.69, 9.17) is 4.74 Å². The van der Waals surface area contributed by atoms with Crippen LogP contribution in [0.2, 0.25) is 0 Å². The lowest BCUT2D eigenvalue weighted by Crippen LogP contribution is -2.13. The van der Waals surface area contributed by atoms with E-state index in [9.17, 15) is 18.0 Å². The zero-order valence-electron chi connectivity index (χ0n) is 16.8. The molecule has 4 aromatic rings. The van der Waals surface area contributed by atoms with Gasteiger partial charge in [-0.15, -0.1) is 16.4 Å². The number of hydrogen-bond acceptors (Lipinski definition) is 5. The lowest BCUT2D eigenvalue weighted by Gasteiger charge is -2.10. The van der Waals surface area contributed by atoms with Gasteiger partial charge < -0.3 is 10.1 Å². The second-order valence-corrected chi connectivity index (χ2v) is 7.57. The van der Waals surface area contributed by atoms with Crippen molar-refractivity contribution >= 4 is 22.9 Å². The SMILES string of the molecule is CCOc1nc(-c2cccs2)n(-c2cccc(NC(=O)c3ccc(C(F)(F)F)cc3)c2)n1. The monoisotopic (exact) mass is 458 g/mol. The largest absolute Gasteiger partial charge is 0.463 e. The van der Waals surface area contributed by atoms with Crippen LogP contribution in [0.25, 0.3) is 16.4 Å². The minimum absolute atomic E-state index is 0.113. The van der Waals surface area contributed by atoms with Crippen molar-refractivity contribution in [2.75, 3.05) is 11.9 Å². The zero-order chi connectivity index (χ0) is 22.7. The minimum Gasteiger partial charge on any atom is -0.463 e. The van der Waals surface area contributed by atoms with Crippen molar-refractivity contribution in [3.63, 3.8) is 0 Å². The molecule has 6 nitrogen and oxygen atoms in total.